The number of benzene rings is 2. The molecule has 13 heteroatoms. The number of thiazole rings is 1. The van der Waals surface area contributed by atoms with Crippen molar-refractivity contribution in [2.24, 2.45) is 11.1 Å². The number of carbonyl (C=O) groups excluding carboxylic acids is 2. The van der Waals surface area contributed by atoms with E-state index in [9.17, 15) is 26.4 Å². The molecule has 0 radical (unpaired) electrons. The Morgan fingerprint density at radius 2 is 1.75 bits per heavy atom. The predicted octanol–water partition coefficient (Wildman–Crippen LogP) is 1.55. The Bertz CT molecular complexity index is 1530. The first-order valence-electron chi connectivity index (χ1n) is 11.1. The fraction of sp³-hybridized carbons (Fsp3) is 0.348. The minimum absolute atomic E-state index is 0.0105. The second-order valence-electron chi connectivity index (χ2n) is 8.99. The Labute approximate surface area is 213 Å². The number of hydrogen-bond acceptors (Lipinski definition) is 8. The molecule has 1 unspecified atom stereocenters. The third-order valence-corrected chi connectivity index (χ3v) is 9.10. The summed E-state index contributed by atoms with van der Waals surface area (Å²) in [5, 5.41) is 5.76. The monoisotopic (exact) mass is 550 g/mol. The maximum Gasteiger partial charge on any atom is 0.253 e. The topological polar surface area (TPSA) is 157 Å². The van der Waals surface area contributed by atoms with Crippen molar-refractivity contribution < 1.29 is 26.4 Å². The molecule has 0 bridgehead atoms. The lowest BCUT2D eigenvalue weighted by Gasteiger charge is -2.37. The van der Waals surface area contributed by atoms with Crippen molar-refractivity contribution in [1.29, 1.82) is 0 Å². The number of primary sulfonamides is 1. The van der Waals surface area contributed by atoms with Crippen LogP contribution in [0.5, 0.6) is 0 Å². The number of likely N-dealkylation sites (tertiary alicyclic amines) is 1. The smallest absolute Gasteiger partial charge is 0.253 e. The quantitative estimate of drug-likeness (QED) is 0.431. The van der Waals surface area contributed by atoms with E-state index >= 15 is 0 Å². The fourth-order valence-corrected chi connectivity index (χ4v) is 6.92. The summed E-state index contributed by atoms with van der Waals surface area (Å²) >= 11 is 1.08. The van der Waals surface area contributed by atoms with Crippen molar-refractivity contribution in [3.8, 4) is 11.1 Å². The molecule has 3 N–H and O–H groups in total. The van der Waals surface area contributed by atoms with E-state index in [-0.39, 0.29) is 17.5 Å². The maximum absolute atomic E-state index is 12.6. The van der Waals surface area contributed by atoms with Crippen LogP contribution in [0, 0.1) is 5.92 Å². The summed E-state index contributed by atoms with van der Waals surface area (Å²) in [6.45, 7) is 3.33. The van der Waals surface area contributed by atoms with Gasteiger partial charge >= 0.3 is 0 Å². The van der Waals surface area contributed by atoms with Crippen LogP contribution < -0.4 is 10.5 Å². The van der Waals surface area contributed by atoms with Crippen LogP contribution in [0.3, 0.4) is 0 Å². The predicted molar refractivity (Wildman–Crippen MR) is 139 cm³/mol. The van der Waals surface area contributed by atoms with Crippen LogP contribution in [0.4, 0.5) is 0 Å². The maximum atomic E-state index is 12.6. The van der Waals surface area contributed by atoms with Crippen LogP contribution in [0.25, 0.3) is 21.3 Å². The number of hydrogen-bond donors (Lipinski definition) is 2. The van der Waals surface area contributed by atoms with Crippen molar-refractivity contribution in [2.45, 2.75) is 12.2 Å². The number of amides is 2. The highest BCUT2D eigenvalue weighted by molar-refractivity contribution is 7.91. The average Bonchev–Trinajstić information content (AvgIpc) is 3.17. The molecule has 36 heavy (non-hydrogen) atoms. The summed E-state index contributed by atoms with van der Waals surface area (Å²) in [6, 6.07) is 12.7. The van der Waals surface area contributed by atoms with Gasteiger partial charge in [-0.05, 0) is 41.3 Å². The van der Waals surface area contributed by atoms with E-state index in [1.54, 1.807) is 18.2 Å². The van der Waals surface area contributed by atoms with Crippen molar-refractivity contribution in [3.63, 3.8) is 0 Å². The number of sulfone groups is 1. The number of nitrogens with one attached hydrogen (secondary N) is 1. The van der Waals surface area contributed by atoms with Crippen molar-refractivity contribution in [3.05, 3.63) is 53.0 Å². The molecule has 1 aromatic heterocycles. The van der Waals surface area contributed by atoms with Gasteiger partial charge in [0, 0.05) is 31.5 Å². The Hall–Kier alpha value is -2.87. The molecule has 0 aliphatic carbocycles. The Kier molecular flexibility index (Phi) is 7.19. The van der Waals surface area contributed by atoms with Gasteiger partial charge in [0.05, 0.1) is 16.0 Å². The first-order valence-corrected chi connectivity index (χ1v) is 15.6. The number of sulfonamides is 1. The van der Waals surface area contributed by atoms with Crippen LogP contribution in [0.1, 0.15) is 27.5 Å². The van der Waals surface area contributed by atoms with Gasteiger partial charge in [-0.1, -0.05) is 25.1 Å². The molecular formula is C23H26N4O6S3. The molecule has 1 aliphatic heterocycles. The second kappa shape index (κ2) is 9.88. The second-order valence-corrected chi connectivity index (χ2v) is 13.9. The van der Waals surface area contributed by atoms with Crippen molar-refractivity contribution in [2.75, 3.05) is 31.6 Å². The number of carbonyl (C=O) groups is 2. The molecule has 2 aromatic carbocycles. The van der Waals surface area contributed by atoms with E-state index in [0.29, 0.717) is 21.7 Å². The number of rotatable bonds is 8. The molecule has 192 valence electrons. The molecule has 1 saturated heterocycles. The van der Waals surface area contributed by atoms with E-state index in [4.69, 9.17) is 5.14 Å². The number of aromatic nitrogens is 1. The largest absolute Gasteiger partial charge is 0.354 e. The highest BCUT2D eigenvalue weighted by Crippen LogP contribution is 2.33. The van der Waals surface area contributed by atoms with Crippen molar-refractivity contribution in [1.82, 2.24) is 15.2 Å². The highest BCUT2D eigenvalue weighted by atomic mass is 32.2. The van der Waals surface area contributed by atoms with E-state index in [1.165, 1.54) is 0 Å². The zero-order valence-electron chi connectivity index (χ0n) is 19.7. The Morgan fingerprint density at radius 1 is 1.11 bits per heavy atom. The van der Waals surface area contributed by atoms with Gasteiger partial charge in [0.15, 0.2) is 15.1 Å². The van der Waals surface area contributed by atoms with Crippen LogP contribution in [0.2, 0.25) is 0 Å². The van der Waals surface area contributed by atoms with Gasteiger partial charge in [-0.15, -0.1) is 11.3 Å². The summed E-state index contributed by atoms with van der Waals surface area (Å²) in [5.74, 6) is -0.840. The molecule has 1 fully saturated rings. The van der Waals surface area contributed by atoms with Gasteiger partial charge in [0.2, 0.25) is 15.9 Å². The summed E-state index contributed by atoms with van der Waals surface area (Å²) in [5.41, 5.74) is 2.88. The molecule has 1 aliphatic rings. The summed E-state index contributed by atoms with van der Waals surface area (Å²) in [7, 11) is -7.70. The van der Waals surface area contributed by atoms with E-state index in [1.807, 2.05) is 29.2 Å². The number of fused-ring (bicyclic) bond motifs is 1. The number of nitrogens with two attached hydrogens (primary N) is 1. The molecule has 0 saturated carbocycles. The summed E-state index contributed by atoms with van der Waals surface area (Å²) < 4.78 is 47.7. The zero-order chi connectivity index (χ0) is 26.3. The molecule has 0 spiro atoms. The van der Waals surface area contributed by atoms with Gasteiger partial charge in [-0.25, -0.2) is 27.0 Å². The molecule has 10 nitrogen and oxygen atoms in total. The highest BCUT2D eigenvalue weighted by Gasteiger charge is 2.34. The third kappa shape index (κ3) is 5.91. The fourth-order valence-electron chi connectivity index (χ4n) is 3.99. The summed E-state index contributed by atoms with van der Waals surface area (Å²) in [6.07, 6.45) is 0.929. The molecule has 1 atom stereocenters. The van der Waals surface area contributed by atoms with Gasteiger partial charge in [-0.2, -0.15) is 0 Å². The van der Waals surface area contributed by atoms with E-state index in [0.717, 1.165) is 41.8 Å². The molecule has 2 heterocycles. The van der Waals surface area contributed by atoms with Gasteiger partial charge in [0.1, 0.15) is 5.01 Å². The molecular weight excluding hydrogens is 524 g/mol. The lowest BCUT2D eigenvalue weighted by atomic mass is 9.99. The van der Waals surface area contributed by atoms with Crippen LogP contribution in [-0.2, 0) is 24.7 Å². The van der Waals surface area contributed by atoms with Crippen molar-refractivity contribution >= 4 is 53.2 Å². The van der Waals surface area contributed by atoms with Gasteiger partial charge in [0.25, 0.3) is 5.91 Å². The first-order chi connectivity index (χ1) is 16.8. The van der Waals surface area contributed by atoms with E-state index in [2.05, 4.69) is 17.2 Å². The van der Waals surface area contributed by atoms with Crippen LogP contribution in [0.15, 0.2) is 42.5 Å². The first kappa shape index (κ1) is 26.2. The lowest BCUT2D eigenvalue weighted by molar-refractivity contribution is -0.120. The normalized spacial score (nSPS) is 15.5. The minimum atomic E-state index is -3.89. The standard InChI is InChI=1S/C23H26N4O6S3/c1-14-12-27(13-14)23(29)16-5-3-15(4-6-16)17-7-8-18-19(11-17)34-22(26-18)20(35(2,30)31)21(28)25-9-10-36(24,32)33/h3-8,11,14,20H,9-10,12-13H2,1-2H3,(H,25,28)(H2,24,32,33). The van der Waals surface area contributed by atoms with Crippen LogP contribution >= 0.6 is 11.3 Å². The summed E-state index contributed by atoms with van der Waals surface area (Å²) in [4.78, 5) is 31.3. The molecule has 3 aromatic rings. The SMILES string of the molecule is CC1CN(C(=O)c2ccc(-c3ccc4nc(C(C(=O)NCCS(N)(=O)=O)S(C)(=O)=O)sc4c3)cc2)C1. The van der Waals surface area contributed by atoms with Crippen LogP contribution in [-0.4, -0.2) is 70.2 Å². The minimum Gasteiger partial charge on any atom is -0.354 e. The van der Waals surface area contributed by atoms with Gasteiger partial charge < -0.3 is 10.2 Å². The molecule has 4 rings (SSSR count). The van der Waals surface area contributed by atoms with E-state index < -0.39 is 36.8 Å². The molecule has 2 amide bonds. The Balaban J connectivity index is 1.56. The zero-order valence-corrected chi connectivity index (χ0v) is 22.1. The number of nitrogens with zero attached hydrogens (tertiary/aromatic N) is 2. The third-order valence-electron chi connectivity index (χ3n) is 5.80. The lowest BCUT2D eigenvalue weighted by Crippen LogP contribution is -2.48. The average molecular weight is 551 g/mol. The Morgan fingerprint density at radius 3 is 2.33 bits per heavy atom. The van der Waals surface area contributed by atoms with Gasteiger partial charge in [-0.3, -0.25) is 9.59 Å².